The third kappa shape index (κ3) is 4.04. The van der Waals surface area contributed by atoms with Gasteiger partial charge in [-0.25, -0.2) is 4.98 Å². The average molecular weight is 384 g/mol. The number of nitrogens with zero attached hydrogens (tertiary/aromatic N) is 2. The van der Waals surface area contributed by atoms with Gasteiger partial charge in [-0.2, -0.15) is 0 Å². The van der Waals surface area contributed by atoms with Crippen molar-refractivity contribution in [2.75, 3.05) is 0 Å². The Morgan fingerprint density at radius 3 is 2.39 bits per heavy atom. The van der Waals surface area contributed by atoms with E-state index in [0.29, 0.717) is 10.0 Å². The first-order chi connectivity index (χ1) is 11.1. The van der Waals surface area contributed by atoms with Gasteiger partial charge in [-0.3, -0.25) is 0 Å². The highest BCUT2D eigenvalue weighted by Gasteiger charge is 2.24. The Bertz CT molecular complexity index is 760. The maximum Gasteiger partial charge on any atom is 0.125 e. The number of hydrogen-bond acceptors (Lipinski definition) is 2. The Hall–Kier alpha value is -1.13. The second-order valence-corrected chi connectivity index (χ2v) is 7.38. The molecule has 0 N–H and O–H groups in total. The summed E-state index contributed by atoms with van der Waals surface area (Å²) in [6.45, 7) is 0. The lowest BCUT2D eigenvalue weighted by molar-refractivity contribution is 0.651. The molecule has 0 aliphatic rings. The predicted molar refractivity (Wildman–Crippen MR) is 98.6 cm³/mol. The van der Waals surface area contributed by atoms with Crippen LogP contribution in [0.3, 0.4) is 0 Å². The average Bonchev–Trinajstić information content (AvgIpc) is 3.09. The fourth-order valence-corrected chi connectivity index (χ4v) is 4.15. The lowest BCUT2D eigenvalue weighted by atomic mass is 10.1. The van der Waals surface area contributed by atoms with E-state index in [0.717, 1.165) is 10.5 Å². The molecule has 0 amide bonds. The van der Waals surface area contributed by atoms with Crippen molar-refractivity contribution in [1.82, 2.24) is 9.55 Å². The van der Waals surface area contributed by atoms with Crippen LogP contribution in [0, 0.1) is 0 Å². The quantitative estimate of drug-likeness (QED) is 0.371. The van der Waals surface area contributed by atoms with E-state index in [1.54, 1.807) is 24.3 Å². The molecular formula is C17H13Cl3N2S. The molecule has 3 aromatic rings. The predicted octanol–water partition coefficient (Wildman–Crippen LogP) is 6.46. The number of halogens is 3. The number of alkyl halides is 1. The summed E-state index contributed by atoms with van der Waals surface area (Å²) < 4.78 is 1.88. The zero-order chi connectivity index (χ0) is 16.2. The maximum atomic E-state index is 6.72. The highest BCUT2D eigenvalue weighted by atomic mass is 35.5. The Balaban J connectivity index is 1.96. The van der Waals surface area contributed by atoms with E-state index in [4.69, 9.17) is 34.8 Å². The van der Waals surface area contributed by atoms with E-state index in [9.17, 15) is 0 Å². The standard InChI is InChI=1S/C17H13Cl3N2S/c18-13-7-5-12(6-8-13)16(17(20)22-10-9-21-11-22)23-15-4-2-1-3-14(15)19/h1-11,16-17H. The summed E-state index contributed by atoms with van der Waals surface area (Å²) in [6.07, 6.45) is 5.29. The second kappa shape index (κ2) is 7.63. The number of benzene rings is 2. The van der Waals surface area contributed by atoms with Gasteiger partial charge in [0.15, 0.2) is 0 Å². The van der Waals surface area contributed by atoms with Crippen LogP contribution >= 0.6 is 46.6 Å². The van der Waals surface area contributed by atoms with E-state index in [1.165, 1.54) is 0 Å². The number of thioether (sulfide) groups is 1. The van der Waals surface area contributed by atoms with Crippen molar-refractivity contribution >= 4 is 46.6 Å². The molecule has 1 heterocycles. The minimum atomic E-state index is -0.306. The number of imidazole rings is 1. The summed E-state index contributed by atoms with van der Waals surface area (Å²) in [6, 6.07) is 15.5. The van der Waals surface area contributed by atoms with Gasteiger partial charge >= 0.3 is 0 Å². The molecule has 23 heavy (non-hydrogen) atoms. The molecular weight excluding hydrogens is 371 g/mol. The molecule has 6 heteroatoms. The van der Waals surface area contributed by atoms with Gasteiger partial charge in [-0.05, 0) is 29.8 Å². The molecule has 3 rings (SSSR count). The summed E-state index contributed by atoms with van der Waals surface area (Å²) in [5, 5.41) is 1.37. The van der Waals surface area contributed by atoms with Crippen LogP contribution in [0.5, 0.6) is 0 Å². The third-order valence-corrected chi connectivity index (χ3v) is 6.06. The zero-order valence-corrected chi connectivity index (χ0v) is 15.0. The number of rotatable bonds is 5. The van der Waals surface area contributed by atoms with E-state index < -0.39 is 0 Å². The fourth-order valence-electron chi connectivity index (χ4n) is 2.18. The van der Waals surface area contributed by atoms with Crippen LogP contribution in [0.25, 0.3) is 0 Å². The molecule has 0 spiro atoms. The molecule has 0 bridgehead atoms. The Labute approximate surface area is 154 Å². The summed E-state index contributed by atoms with van der Waals surface area (Å²) in [5.41, 5.74) is 0.771. The van der Waals surface area contributed by atoms with Crippen LogP contribution in [0.4, 0.5) is 0 Å². The molecule has 2 aromatic carbocycles. The Morgan fingerprint density at radius 2 is 1.74 bits per heavy atom. The molecule has 2 atom stereocenters. The van der Waals surface area contributed by atoms with Crippen LogP contribution in [-0.4, -0.2) is 9.55 Å². The van der Waals surface area contributed by atoms with E-state index in [2.05, 4.69) is 4.98 Å². The van der Waals surface area contributed by atoms with Gasteiger partial charge in [0.25, 0.3) is 0 Å². The maximum absolute atomic E-state index is 6.72. The van der Waals surface area contributed by atoms with E-state index in [-0.39, 0.29) is 10.8 Å². The van der Waals surface area contributed by atoms with Crippen LogP contribution < -0.4 is 0 Å². The van der Waals surface area contributed by atoms with Crippen LogP contribution in [0.15, 0.2) is 72.1 Å². The molecule has 0 saturated heterocycles. The summed E-state index contributed by atoms with van der Waals surface area (Å²) >= 11 is 20.7. The third-order valence-electron chi connectivity index (χ3n) is 3.35. The molecule has 0 saturated carbocycles. The number of hydrogen-bond donors (Lipinski definition) is 0. The van der Waals surface area contributed by atoms with Crippen molar-refractivity contribution in [3.63, 3.8) is 0 Å². The summed E-state index contributed by atoms with van der Waals surface area (Å²) in [4.78, 5) is 5.07. The first-order valence-corrected chi connectivity index (χ1v) is 9.00. The highest BCUT2D eigenvalue weighted by molar-refractivity contribution is 7.99. The normalized spacial score (nSPS) is 13.7. The zero-order valence-electron chi connectivity index (χ0n) is 11.9. The van der Waals surface area contributed by atoms with Gasteiger partial charge in [0.2, 0.25) is 0 Å². The minimum absolute atomic E-state index is 0.0389. The van der Waals surface area contributed by atoms with Crippen molar-refractivity contribution in [2.24, 2.45) is 0 Å². The first kappa shape index (κ1) is 16.7. The Morgan fingerprint density at radius 1 is 1.00 bits per heavy atom. The topological polar surface area (TPSA) is 17.8 Å². The second-order valence-electron chi connectivity index (χ2n) is 4.90. The van der Waals surface area contributed by atoms with Crippen LogP contribution in [-0.2, 0) is 0 Å². The molecule has 0 fully saturated rings. The molecule has 2 nitrogen and oxygen atoms in total. The van der Waals surface area contributed by atoms with Crippen molar-refractivity contribution < 1.29 is 0 Å². The van der Waals surface area contributed by atoms with E-state index in [1.807, 2.05) is 59.3 Å². The fraction of sp³-hybridized carbons (Fsp3) is 0.118. The van der Waals surface area contributed by atoms with Crippen molar-refractivity contribution in [1.29, 1.82) is 0 Å². The summed E-state index contributed by atoms with van der Waals surface area (Å²) in [7, 11) is 0. The minimum Gasteiger partial charge on any atom is -0.319 e. The van der Waals surface area contributed by atoms with Gasteiger partial charge in [0.05, 0.1) is 16.6 Å². The molecule has 0 aliphatic heterocycles. The SMILES string of the molecule is Clc1ccc(C(Sc2ccccc2Cl)C(Cl)n2ccnc2)cc1. The molecule has 1 aromatic heterocycles. The van der Waals surface area contributed by atoms with Crippen LogP contribution in [0.1, 0.15) is 16.3 Å². The monoisotopic (exact) mass is 382 g/mol. The van der Waals surface area contributed by atoms with Crippen molar-refractivity contribution in [2.45, 2.75) is 15.6 Å². The molecule has 2 unspecified atom stereocenters. The van der Waals surface area contributed by atoms with E-state index >= 15 is 0 Å². The Kier molecular flexibility index (Phi) is 5.54. The number of aromatic nitrogens is 2. The smallest absolute Gasteiger partial charge is 0.125 e. The van der Waals surface area contributed by atoms with Crippen molar-refractivity contribution in [3.8, 4) is 0 Å². The molecule has 0 aliphatic carbocycles. The molecule has 118 valence electrons. The van der Waals surface area contributed by atoms with Gasteiger partial charge in [-0.15, -0.1) is 11.8 Å². The van der Waals surface area contributed by atoms with Gasteiger partial charge in [-0.1, -0.05) is 59.1 Å². The van der Waals surface area contributed by atoms with Gasteiger partial charge in [0.1, 0.15) is 5.50 Å². The molecule has 0 radical (unpaired) electrons. The summed E-state index contributed by atoms with van der Waals surface area (Å²) in [5.74, 6) is 0. The van der Waals surface area contributed by atoms with Gasteiger partial charge in [0, 0.05) is 22.3 Å². The van der Waals surface area contributed by atoms with Gasteiger partial charge < -0.3 is 4.57 Å². The first-order valence-electron chi connectivity index (χ1n) is 6.93. The lowest BCUT2D eigenvalue weighted by Gasteiger charge is -2.24. The van der Waals surface area contributed by atoms with Crippen molar-refractivity contribution in [3.05, 3.63) is 82.9 Å². The van der Waals surface area contributed by atoms with Crippen LogP contribution in [0.2, 0.25) is 10.0 Å². The highest BCUT2D eigenvalue weighted by Crippen LogP contribution is 2.46. The largest absolute Gasteiger partial charge is 0.319 e. The lowest BCUT2D eigenvalue weighted by Crippen LogP contribution is -2.09.